The van der Waals surface area contributed by atoms with E-state index in [2.05, 4.69) is 26.3 Å². The number of pyridine rings is 2. The number of benzene rings is 1. The Labute approximate surface area is 164 Å². The Hall–Kier alpha value is -2.99. The van der Waals surface area contributed by atoms with E-state index in [9.17, 15) is 4.79 Å². The van der Waals surface area contributed by atoms with Gasteiger partial charge < -0.3 is 10.1 Å². The number of likely N-dealkylation sites (tertiary alicyclic amines) is 1. The van der Waals surface area contributed by atoms with Gasteiger partial charge in [-0.1, -0.05) is 12.1 Å². The van der Waals surface area contributed by atoms with Gasteiger partial charge in [0.05, 0.1) is 18.3 Å². The number of carbonyl (C=O) groups is 1. The number of hydrogen-bond acceptors (Lipinski definition) is 5. The van der Waals surface area contributed by atoms with E-state index in [4.69, 9.17) is 4.74 Å². The zero-order valence-corrected chi connectivity index (χ0v) is 16.0. The molecule has 28 heavy (non-hydrogen) atoms. The number of nitrogens with one attached hydrogen (secondary N) is 1. The molecule has 0 bridgehead atoms. The monoisotopic (exact) mass is 376 g/mol. The second-order valence-electron chi connectivity index (χ2n) is 7.10. The molecule has 0 radical (unpaired) electrons. The van der Waals surface area contributed by atoms with E-state index >= 15 is 0 Å². The number of methoxy groups -OCH3 is 1. The zero-order valence-electron chi connectivity index (χ0n) is 16.0. The number of fused-ring (bicyclic) bond motifs is 1. The number of nitrogens with zero attached hydrogens (tertiary/aromatic N) is 3. The minimum Gasteiger partial charge on any atom is -0.497 e. The molecule has 1 saturated heterocycles. The molecule has 1 amide bonds. The van der Waals surface area contributed by atoms with Gasteiger partial charge in [-0.05, 0) is 49.2 Å². The van der Waals surface area contributed by atoms with E-state index < -0.39 is 0 Å². The maximum absolute atomic E-state index is 12.6. The Balaban J connectivity index is 1.33. The molecule has 0 aliphatic carbocycles. The lowest BCUT2D eigenvalue weighted by Gasteiger charge is -2.32. The summed E-state index contributed by atoms with van der Waals surface area (Å²) in [5.74, 6) is 0.671. The van der Waals surface area contributed by atoms with Crippen LogP contribution in [0.2, 0.25) is 0 Å². The third-order valence-electron chi connectivity index (χ3n) is 5.16. The highest BCUT2D eigenvalue weighted by molar-refractivity contribution is 5.95. The average molecular weight is 376 g/mol. The van der Waals surface area contributed by atoms with Crippen molar-refractivity contribution >= 4 is 16.8 Å². The SMILES string of the molecule is COc1ccc2nc(C(=O)NC3CCN(Cc4ccccn4)CC3)ccc2c1. The number of rotatable bonds is 5. The summed E-state index contributed by atoms with van der Waals surface area (Å²) in [5, 5.41) is 4.10. The van der Waals surface area contributed by atoms with E-state index in [-0.39, 0.29) is 11.9 Å². The molecule has 0 unspecified atom stereocenters. The summed E-state index contributed by atoms with van der Waals surface area (Å²) >= 11 is 0. The standard InChI is InChI=1S/C22H24N4O2/c1-28-19-6-8-20-16(14-19)5-7-21(25-20)22(27)24-17-9-12-26(13-10-17)15-18-4-2-3-11-23-18/h2-8,11,14,17H,9-10,12-13,15H2,1H3,(H,24,27). The van der Waals surface area contributed by atoms with Crippen LogP contribution in [0.25, 0.3) is 10.9 Å². The predicted octanol–water partition coefficient (Wildman–Crippen LogP) is 3.03. The van der Waals surface area contributed by atoms with Gasteiger partial charge in [0.1, 0.15) is 11.4 Å². The Kier molecular flexibility index (Phi) is 5.48. The first-order chi connectivity index (χ1) is 13.7. The summed E-state index contributed by atoms with van der Waals surface area (Å²) in [6.45, 7) is 2.76. The van der Waals surface area contributed by atoms with Crippen LogP contribution in [0.3, 0.4) is 0 Å². The molecule has 0 atom stereocenters. The van der Waals surface area contributed by atoms with Crippen LogP contribution in [0.1, 0.15) is 29.0 Å². The number of ether oxygens (including phenoxy) is 1. The molecule has 0 spiro atoms. The highest BCUT2D eigenvalue weighted by Gasteiger charge is 2.22. The van der Waals surface area contributed by atoms with Crippen molar-refractivity contribution in [1.29, 1.82) is 0 Å². The van der Waals surface area contributed by atoms with Crippen molar-refractivity contribution in [3.8, 4) is 5.75 Å². The smallest absolute Gasteiger partial charge is 0.270 e. The second kappa shape index (κ2) is 8.35. The maximum Gasteiger partial charge on any atom is 0.270 e. The lowest BCUT2D eigenvalue weighted by molar-refractivity contribution is 0.0904. The van der Waals surface area contributed by atoms with Gasteiger partial charge in [-0.3, -0.25) is 14.7 Å². The Morgan fingerprint density at radius 2 is 2.04 bits per heavy atom. The van der Waals surface area contributed by atoms with Crippen LogP contribution in [-0.2, 0) is 6.54 Å². The second-order valence-corrected chi connectivity index (χ2v) is 7.10. The lowest BCUT2D eigenvalue weighted by atomic mass is 10.0. The molecule has 0 saturated carbocycles. The molecule has 1 aliphatic rings. The molecule has 6 heteroatoms. The number of carbonyl (C=O) groups excluding carboxylic acids is 1. The van der Waals surface area contributed by atoms with Gasteiger partial charge in [0.2, 0.25) is 0 Å². The Morgan fingerprint density at radius 3 is 2.79 bits per heavy atom. The molecule has 1 N–H and O–H groups in total. The van der Waals surface area contributed by atoms with Crippen molar-refractivity contribution in [2.45, 2.75) is 25.4 Å². The molecule has 1 fully saturated rings. The minimum absolute atomic E-state index is 0.110. The summed E-state index contributed by atoms with van der Waals surface area (Å²) < 4.78 is 5.23. The van der Waals surface area contributed by atoms with E-state index in [1.165, 1.54) is 0 Å². The fourth-order valence-electron chi connectivity index (χ4n) is 3.57. The third kappa shape index (κ3) is 4.28. The molecule has 6 nitrogen and oxygen atoms in total. The molecular formula is C22H24N4O2. The first kappa shape index (κ1) is 18.4. The number of piperidine rings is 1. The van der Waals surface area contributed by atoms with Crippen molar-refractivity contribution in [3.05, 3.63) is 66.1 Å². The first-order valence-electron chi connectivity index (χ1n) is 9.59. The number of aromatic nitrogens is 2. The number of amides is 1. The van der Waals surface area contributed by atoms with Crippen LogP contribution in [0.15, 0.2) is 54.7 Å². The topological polar surface area (TPSA) is 67.3 Å². The van der Waals surface area contributed by atoms with Crippen LogP contribution >= 0.6 is 0 Å². The molecule has 3 heterocycles. The molecule has 1 aromatic carbocycles. The highest BCUT2D eigenvalue weighted by atomic mass is 16.5. The van der Waals surface area contributed by atoms with Gasteiger partial charge in [-0.15, -0.1) is 0 Å². The zero-order chi connectivity index (χ0) is 19.3. The summed E-state index contributed by atoms with van der Waals surface area (Å²) in [6, 6.07) is 15.5. The van der Waals surface area contributed by atoms with Crippen molar-refractivity contribution in [3.63, 3.8) is 0 Å². The molecule has 2 aromatic heterocycles. The van der Waals surface area contributed by atoms with Gasteiger partial charge in [-0.2, -0.15) is 0 Å². The highest BCUT2D eigenvalue weighted by Crippen LogP contribution is 2.20. The van der Waals surface area contributed by atoms with Gasteiger partial charge in [0, 0.05) is 37.3 Å². The van der Waals surface area contributed by atoms with Crippen LogP contribution in [-0.4, -0.2) is 47.0 Å². The van der Waals surface area contributed by atoms with E-state index in [1.54, 1.807) is 13.2 Å². The normalized spacial score (nSPS) is 15.5. The van der Waals surface area contributed by atoms with Crippen molar-refractivity contribution in [2.24, 2.45) is 0 Å². The number of hydrogen-bond donors (Lipinski definition) is 1. The van der Waals surface area contributed by atoms with E-state index in [0.29, 0.717) is 5.69 Å². The van der Waals surface area contributed by atoms with Gasteiger partial charge in [0.25, 0.3) is 5.91 Å². The molecule has 144 valence electrons. The maximum atomic E-state index is 12.6. The summed E-state index contributed by atoms with van der Waals surface area (Å²) in [5.41, 5.74) is 2.33. The van der Waals surface area contributed by atoms with Gasteiger partial charge >= 0.3 is 0 Å². The van der Waals surface area contributed by atoms with Crippen molar-refractivity contribution in [2.75, 3.05) is 20.2 Å². The largest absolute Gasteiger partial charge is 0.497 e. The molecular weight excluding hydrogens is 352 g/mol. The van der Waals surface area contributed by atoms with Crippen LogP contribution in [0, 0.1) is 0 Å². The minimum atomic E-state index is -0.110. The fraction of sp³-hybridized carbons (Fsp3) is 0.318. The van der Waals surface area contributed by atoms with Gasteiger partial charge in [-0.25, -0.2) is 4.98 Å². The molecule has 3 aromatic rings. The quantitative estimate of drug-likeness (QED) is 0.741. The average Bonchev–Trinajstić information content (AvgIpc) is 2.75. The van der Waals surface area contributed by atoms with Crippen LogP contribution in [0.5, 0.6) is 5.75 Å². The lowest BCUT2D eigenvalue weighted by Crippen LogP contribution is -2.44. The van der Waals surface area contributed by atoms with E-state index in [1.807, 2.05) is 42.6 Å². The Morgan fingerprint density at radius 1 is 1.18 bits per heavy atom. The third-order valence-corrected chi connectivity index (χ3v) is 5.16. The van der Waals surface area contributed by atoms with Gasteiger partial charge in [0.15, 0.2) is 0 Å². The Bertz CT molecular complexity index is 953. The van der Waals surface area contributed by atoms with Crippen LogP contribution in [0.4, 0.5) is 0 Å². The molecule has 1 aliphatic heterocycles. The van der Waals surface area contributed by atoms with Crippen LogP contribution < -0.4 is 10.1 Å². The van der Waals surface area contributed by atoms with Crippen molar-refractivity contribution < 1.29 is 9.53 Å². The summed E-state index contributed by atoms with van der Waals surface area (Å²) in [7, 11) is 1.64. The molecule has 4 rings (SSSR count). The summed E-state index contributed by atoms with van der Waals surface area (Å²) in [4.78, 5) is 23.9. The predicted molar refractivity (Wildman–Crippen MR) is 108 cm³/mol. The summed E-state index contributed by atoms with van der Waals surface area (Å²) in [6.07, 6.45) is 3.70. The fourth-order valence-corrected chi connectivity index (χ4v) is 3.57. The van der Waals surface area contributed by atoms with Crippen molar-refractivity contribution in [1.82, 2.24) is 20.2 Å². The first-order valence-corrected chi connectivity index (χ1v) is 9.59. The van der Waals surface area contributed by atoms with E-state index in [0.717, 1.165) is 54.8 Å².